The van der Waals surface area contributed by atoms with Crippen molar-refractivity contribution >= 4 is 12.1 Å². The minimum Gasteiger partial charge on any atom is -0.324 e. The Balaban J connectivity index is 0. The topological polar surface area (TPSA) is 60.2 Å². The maximum atomic E-state index is 9.69. The fourth-order valence-corrected chi connectivity index (χ4v) is 0. The molecule has 0 aromatic rings. The minimum absolute atomic E-state index is 0.0324. The molecular weight excluding hydrogens is 106 g/mol. The van der Waals surface area contributed by atoms with Gasteiger partial charge in [0.05, 0.1) is 6.54 Å². The average molecular weight is 117 g/mol. The third-order valence-corrected chi connectivity index (χ3v) is 0.287. The van der Waals surface area contributed by atoms with E-state index in [9.17, 15) is 4.79 Å². The van der Waals surface area contributed by atoms with Crippen molar-refractivity contribution in [2.45, 2.75) is 13.8 Å². The number of hydrogen-bond acceptors (Lipinski definition) is 3. The molecule has 0 saturated heterocycles. The number of aldehydes is 1. The van der Waals surface area contributed by atoms with E-state index in [1.54, 1.807) is 0 Å². The number of ketones is 1. The van der Waals surface area contributed by atoms with Crippen molar-refractivity contribution in [3.8, 4) is 0 Å². The van der Waals surface area contributed by atoms with Gasteiger partial charge in [0.1, 0.15) is 12.1 Å². The molecule has 2 N–H and O–H groups in total. The fourth-order valence-electron chi connectivity index (χ4n) is 0. The second-order valence-corrected chi connectivity index (χ2v) is 1.14. The summed E-state index contributed by atoms with van der Waals surface area (Å²) in [4.78, 5) is 18.5. The lowest BCUT2D eigenvalue weighted by molar-refractivity contribution is -0.115. The Kier molecular flexibility index (Phi) is 12.3. The predicted molar refractivity (Wildman–Crippen MR) is 31.5 cm³/mol. The molecule has 0 rings (SSSR count). The van der Waals surface area contributed by atoms with Crippen LogP contribution in [0.5, 0.6) is 0 Å². The third-order valence-electron chi connectivity index (χ3n) is 0.287. The second-order valence-electron chi connectivity index (χ2n) is 1.14. The first-order chi connectivity index (χ1) is 3.68. The van der Waals surface area contributed by atoms with Gasteiger partial charge in [-0.15, -0.1) is 0 Å². The van der Waals surface area contributed by atoms with Crippen molar-refractivity contribution in [3.63, 3.8) is 0 Å². The van der Waals surface area contributed by atoms with Crippen molar-refractivity contribution in [2.75, 3.05) is 6.54 Å². The lowest BCUT2D eigenvalue weighted by Gasteiger charge is -1.73. The standard InChI is InChI=1S/C3H7NO.C2H4O/c1-3(5)2-4;1-2-3/h2,4H2,1H3;2H,1H3. The van der Waals surface area contributed by atoms with Crippen molar-refractivity contribution in [1.82, 2.24) is 0 Å². The van der Waals surface area contributed by atoms with Crippen LogP contribution in [-0.4, -0.2) is 18.6 Å². The Morgan fingerprint density at radius 3 is 1.88 bits per heavy atom. The summed E-state index contributed by atoms with van der Waals surface area (Å²) in [5.41, 5.74) is 4.82. The van der Waals surface area contributed by atoms with E-state index < -0.39 is 0 Å². The van der Waals surface area contributed by atoms with Crippen LogP contribution in [0.3, 0.4) is 0 Å². The van der Waals surface area contributed by atoms with Gasteiger partial charge in [0, 0.05) is 0 Å². The lowest BCUT2D eigenvalue weighted by atomic mass is 10.5. The summed E-state index contributed by atoms with van der Waals surface area (Å²) in [7, 11) is 0. The monoisotopic (exact) mass is 117 g/mol. The molecule has 0 unspecified atom stereocenters. The SMILES string of the molecule is CC(=O)CN.CC=O. The van der Waals surface area contributed by atoms with Crippen molar-refractivity contribution in [1.29, 1.82) is 0 Å². The van der Waals surface area contributed by atoms with Crippen LogP contribution in [-0.2, 0) is 9.59 Å². The van der Waals surface area contributed by atoms with Crippen LogP contribution in [0.2, 0.25) is 0 Å². The molecule has 0 spiro atoms. The number of rotatable bonds is 1. The van der Waals surface area contributed by atoms with Crippen LogP contribution in [0.15, 0.2) is 0 Å². The first-order valence-corrected chi connectivity index (χ1v) is 2.28. The van der Waals surface area contributed by atoms with Crippen LogP contribution >= 0.6 is 0 Å². The van der Waals surface area contributed by atoms with Gasteiger partial charge in [0.15, 0.2) is 0 Å². The van der Waals surface area contributed by atoms with E-state index >= 15 is 0 Å². The number of carbonyl (C=O) groups excluding carboxylic acids is 2. The summed E-state index contributed by atoms with van der Waals surface area (Å²) in [5.74, 6) is 0.0324. The zero-order chi connectivity index (χ0) is 6.99. The maximum Gasteiger partial charge on any atom is 0.143 e. The molecule has 0 amide bonds. The van der Waals surface area contributed by atoms with Gasteiger partial charge < -0.3 is 10.5 Å². The summed E-state index contributed by atoms with van der Waals surface area (Å²) in [5, 5.41) is 0. The van der Waals surface area contributed by atoms with E-state index in [-0.39, 0.29) is 12.3 Å². The first-order valence-electron chi connectivity index (χ1n) is 2.28. The Labute approximate surface area is 48.9 Å². The molecule has 3 heteroatoms. The summed E-state index contributed by atoms with van der Waals surface area (Å²) in [6.07, 6.45) is 0.750. The Hall–Kier alpha value is -0.700. The smallest absolute Gasteiger partial charge is 0.143 e. The molecule has 48 valence electrons. The van der Waals surface area contributed by atoms with Crippen LogP contribution in [0, 0.1) is 0 Å². The van der Waals surface area contributed by atoms with Gasteiger partial charge in [-0.25, -0.2) is 0 Å². The van der Waals surface area contributed by atoms with Gasteiger partial charge >= 0.3 is 0 Å². The van der Waals surface area contributed by atoms with Crippen LogP contribution < -0.4 is 5.73 Å². The Morgan fingerprint density at radius 2 is 1.88 bits per heavy atom. The van der Waals surface area contributed by atoms with E-state index in [4.69, 9.17) is 10.5 Å². The van der Waals surface area contributed by atoms with Crippen molar-refractivity contribution in [2.24, 2.45) is 5.73 Å². The van der Waals surface area contributed by atoms with E-state index in [1.807, 2.05) is 0 Å². The molecule has 0 saturated carbocycles. The first kappa shape index (κ1) is 10.3. The molecule has 0 radical (unpaired) electrons. The molecule has 0 heterocycles. The van der Waals surface area contributed by atoms with Gasteiger partial charge in [0.25, 0.3) is 0 Å². The Morgan fingerprint density at radius 1 is 1.75 bits per heavy atom. The maximum absolute atomic E-state index is 9.69. The lowest BCUT2D eigenvalue weighted by Crippen LogP contribution is -2.07. The molecule has 0 aliphatic carbocycles. The van der Waals surface area contributed by atoms with Crippen LogP contribution in [0.4, 0.5) is 0 Å². The van der Waals surface area contributed by atoms with E-state index in [1.165, 1.54) is 13.8 Å². The highest BCUT2D eigenvalue weighted by atomic mass is 16.1. The second kappa shape index (κ2) is 9.57. The zero-order valence-electron chi connectivity index (χ0n) is 5.18. The third kappa shape index (κ3) is 58.0. The molecular formula is C5H11NO2. The molecule has 8 heavy (non-hydrogen) atoms. The summed E-state index contributed by atoms with van der Waals surface area (Å²) < 4.78 is 0. The molecule has 0 aliphatic rings. The van der Waals surface area contributed by atoms with Gasteiger partial charge in [-0.1, -0.05) is 0 Å². The minimum atomic E-state index is 0.0324. The normalized spacial score (nSPS) is 6.38. The predicted octanol–water partition coefficient (Wildman–Crippen LogP) is -0.261. The molecule has 0 bridgehead atoms. The number of Topliss-reactive ketones (excluding diaryl/α,β-unsaturated/α-hetero) is 1. The molecule has 0 fully saturated rings. The van der Waals surface area contributed by atoms with Crippen molar-refractivity contribution in [3.05, 3.63) is 0 Å². The molecule has 0 atom stereocenters. The van der Waals surface area contributed by atoms with E-state index in [2.05, 4.69) is 0 Å². The van der Waals surface area contributed by atoms with Gasteiger partial charge in [-0.3, -0.25) is 4.79 Å². The summed E-state index contributed by atoms with van der Waals surface area (Å²) in [6.45, 7) is 3.07. The summed E-state index contributed by atoms with van der Waals surface area (Å²) in [6, 6.07) is 0. The highest BCUT2D eigenvalue weighted by Gasteiger charge is 1.76. The zero-order valence-corrected chi connectivity index (χ0v) is 5.18. The van der Waals surface area contributed by atoms with E-state index in [0.29, 0.717) is 0 Å². The molecule has 0 aromatic heterocycles. The largest absolute Gasteiger partial charge is 0.324 e. The number of nitrogens with two attached hydrogens (primary N) is 1. The van der Waals surface area contributed by atoms with Gasteiger partial charge in [0.2, 0.25) is 0 Å². The quantitative estimate of drug-likeness (QED) is 0.481. The molecule has 0 aliphatic heterocycles. The van der Waals surface area contributed by atoms with E-state index in [0.717, 1.165) is 6.29 Å². The highest BCUT2D eigenvalue weighted by molar-refractivity contribution is 5.77. The van der Waals surface area contributed by atoms with Crippen LogP contribution in [0.1, 0.15) is 13.8 Å². The Bertz CT molecular complexity index is 70.8. The van der Waals surface area contributed by atoms with Gasteiger partial charge in [-0.05, 0) is 13.8 Å². The summed E-state index contributed by atoms with van der Waals surface area (Å²) >= 11 is 0. The molecule has 0 aromatic carbocycles. The number of hydrogen-bond donors (Lipinski definition) is 1. The van der Waals surface area contributed by atoms with Gasteiger partial charge in [-0.2, -0.15) is 0 Å². The number of carbonyl (C=O) groups is 2. The van der Waals surface area contributed by atoms with Crippen LogP contribution in [0.25, 0.3) is 0 Å². The fraction of sp³-hybridized carbons (Fsp3) is 0.600. The van der Waals surface area contributed by atoms with Crippen molar-refractivity contribution < 1.29 is 9.59 Å². The highest BCUT2D eigenvalue weighted by Crippen LogP contribution is 1.51. The average Bonchev–Trinajstić information content (AvgIpc) is 1.69. The molecule has 3 nitrogen and oxygen atoms in total.